The van der Waals surface area contributed by atoms with E-state index in [0.717, 1.165) is 11.4 Å². The molecular weight excluding hydrogens is 218 g/mol. The lowest BCUT2D eigenvalue weighted by Crippen LogP contribution is -2.29. The molecule has 1 aromatic carbocycles. The highest BCUT2D eigenvalue weighted by Gasteiger charge is 2.13. The molecule has 0 bridgehead atoms. The number of ether oxygens (including phenoxy) is 1. The number of rotatable bonds is 6. The predicted octanol–water partition coefficient (Wildman–Crippen LogP) is 2.38. The lowest BCUT2D eigenvalue weighted by Gasteiger charge is -2.24. The fraction of sp³-hybridized carbons (Fsp3) is 0.462. The first-order valence-corrected chi connectivity index (χ1v) is 5.77. The van der Waals surface area contributed by atoms with Gasteiger partial charge in [0.1, 0.15) is 12.3 Å². The van der Waals surface area contributed by atoms with Crippen LogP contribution in [0.1, 0.15) is 20.8 Å². The number of para-hydroxylation sites is 2. The van der Waals surface area contributed by atoms with E-state index in [1.54, 1.807) is 4.90 Å². The first-order valence-electron chi connectivity index (χ1n) is 5.77. The van der Waals surface area contributed by atoms with Crippen molar-refractivity contribution in [3.05, 3.63) is 24.3 Å². The van der Waals surface area contributed by atoms with Gasteiger partial charge in [0.2, 0.25) is 0 Å². The Hall–Kier alpha value is -1.71. The van der Waals surface area contributed by atoms with Gasteiger partial charge >= 0.3 is 5.97 Å². The van der Waals surface area contributed by atoms with Crippen molar-refractivity contribution in [3.8, 4) is 5.75 Å². The third kappa shape index (κ3) is 3.98. The summed E-state index contributed by atoms with van der Waals surface area (Å²) in [6, 6.07) is 7.51. The summed E-state index contributed by atoms with van der Waals surface area (Å²) in [5, 5.41) is 8.87. The molecule has 0 spiro atoms. The minimum Gasteiger partial charge on any atom is -0.489 e. The van der Waals surface area contributed by atoms with Crippen molar-refractivity contribution >= 4 is 11.7 Å². The van der Waals surface area contributed by atoms with Crippen LogP contribution in [0.15, 0.2) is 24.3 Å². The van der Waals surface area contributed by atoms with Crippen LogP contribution in [0.4, 0.5) is 5.69 Å². The second kappa shape index (κ2) is 6.13. The van der Waals surface area contributed by atoms with Crippen LogP contribution in [-0.2, 0) is 4.79 Å². The van der Waals surface area contributed by atoms with Crippen molar-refractivity contribution in [2.24, 2.45) is 0 Å². The Kier molecular flexibility index (Phi) is 4.82. The topological polar surface area (TPSA) is 49.8 Å². The number of carbonyl (C=O) groups is 1. The molecule has 0 aliphatic heterocycles. The molecule has 0 aromatic heterocycles. The van der Waals surface area contributed by atoms with E-state index in [0.29, 0.717) is 6.54 Å². The maximum Gasteiger partial charge on any atom is 0.323 e. The van der Waals surface area contributed by atoms with E-state index in [1.165, 1.54) is 0 Å². The smallest absolute Gasteiger partial charge is 0.323 e. The molecule has 1 aromatic rings. The third-order valence-electron chi connectivity index (χ3n) is 2.28. The second-order valence-corrected chi connectivity index (χ2v) is 4.04. The van der Waals surface area contributed by atoms with Crippen LogP contribution in [0.2, 0.25) is 0 Å². The quantitative estimate of drug-likeness (QED) is 0.825. The van der Waals surface area contributed by atoms with E-state index < -0.39 is 5.97 Å². The van der Waals surface area contributed by atoms with Gasteiger partial charge in [-0.05, 0) is 32.9 Å². The zero-order valence-electron chi connectivity index (χ0n) is 10.5. The van der Waals surface area contributed by atoms with Crippen LogP contribution in [0, 0.1) is 0 Å². The number of hydrogen-bond donors (Lipinski definition) is 1. The van der Waals surface area contributed by atoms with Gasteiger partial charge in [-0.3, -0.25) is 4.79 Å². The summed E-state index contributed by atoms with van der Waals surface area (Å²) in [7, 11) is 0. The predicted molar refractivity (Wildman–Crippen MR) is 67.7 cm³/mol. The van der Waals surface area contributed by atoms with E-state index >= 15 is 0 Å². The minimum absolute atomic E-state index is 0.0189. The maximum atomic E-state index is 10.8. The Bertz CT molecular complexity index is 377. The Morgan fingerprint density at radius 3 is 2.59 bits per heavy atom. The highest BCUT2D eigenvalue weighted by atomic mass is 16.5. The molecule has 0 saturated heterocycles. The zero-order chi connectivity index (χ0) is 12.8. The molecule has 0 heterocycles. The minimum atomic E-state index is -0.841. The molecule has 1 N–H and O–H groups in total. The largest absolute Gasteiger partial charge is 0.489 e. The van der Waals surface area contributed by atoms with Gasteiger partial charge in [0.25, 0.3) is 0 Å². The molecule has 0 aliphatic carbocycles. The number of aliphatic carboxylic acids is 1. The number of hydrogen-bond acceptors (Lipinski definition) is 3. The van der Waals surface area contributed by atoms with Crippen LogP contribution in [-0.4, -0.2) is 30.3 Å². The van der Waals surface area contributed by atoms with Gasteiger partial charge < -0.3 is 14.7 Å². The summed E-state index contributed by atoms with van der Waals surface area (Å²) >= 11 is 0. The second-order valence-electron chi connectivity index (χ2n) is 4.04. The molecule has 4 nitrogen and oxygen atoms in total. The summed E-state index contributed by atoms with van der Waals surface area (Å²) in [5.41, 5.74) is 0.825. The summed E-state index contributed by atoms with van der Waals surface area (Å²) in [4.78, 5) is 12.6. The van der Waals surface area contributed by atoms with E-state index in [4.69, 9.17) is 9.84 Å². The van der Waals surface area contributed by atoms with Crippen LogP contribution in [0.5, 0.6) is 5.75 Å². The summed E-state index contributed by atoms with van der Waals surface area (Å²) < 4.78 is 5.68. The van der Waals surface area contributed by atoms with E-state index in [9.17, 15) is 4.79 Å². The molecular formula is C13H19NO3. The zero-order valence-corrected chi connectivity index (χ0v) is 10.5. The molecule has 0 fully saturated rings. The Morgan fingerprint density at radius 1 is 1.41 bits per heavy atom. The van der Waals surface area contributed by atoms with Gasteiger partial charge in [-0.1, -0.05) is 12.1 Å². The molecule has 0 amide bonds. The molecule has 0 saturated carbocycles. The Labute approximate surface area is 102 Å². The highest BCUT2D eigenvalue weighted by molar-refractivity contribution is 5.75. The molecule has 0 atom stereocenters. The van der Waals surface area contributed by atoms with E-state index in [1.807, 2.05) is 45.0 Å². The standard InChI is InChI=1S/C13H19NO3/c1-4-14(9-13(15)16)11-7-5-6-8-12(11)17-10(2)3/h5-8,10H,4,9H2,1-3H3,(H,15,16). The van der Waals surface area contributed by atoms with Crippen molar-refractivity contribution in [2.45, 2.75) is 26.9 Å². The van der Waals surface area contributed by atoms with Crippen molar-refractivity contribution in [1.29, 1.82) is 0 Å². The first kappa shape index (κ1) is 13.4. The van der Waals surface area contributed by atoms with Gasteiger partial charge in [0.05, 0.1) is 11.8 Å². The highest BCUT2D eigenvalue weighted by Crippen LogP contribution is 2.28. The summed E-state index contributed by atoms with van der Waals surface area (Å²) in [6.07, 6.45) is 0.0692. The van der Waals surface area contributed by atoms with Crippen molar-refractivity contribution in [3.63, 3.8) is 0 Å². The Morgan fingerprint density at radius 2 is 2.06 bits per heavy atom. The molecule has 0 radical (unpaired) electrons. The van der Waals surface area contributed by atoms with Crippen molar-refractivity contribution in [1.82, 2.24) is 0 Å². The van der Waals surface area contributed by atoms with Crippen molar-refractivity contribution in [2.75, 3.05) is 18.0 Å². The number of nitrogens with zero attached hydrogens (tertiary/aromatic N) is 1. The van der Waals surface area contributed by atoms with Crippen LogP contribution in [0.25, 0.3) is 0 Å². The van der Waals surface area contributed by atoms with E-state index in [2.05, 4.69) is 0 Å². The van der Waals surface area contributed by atoms with E-state index in [-0.39, 0.29) is 12.6 Å². The summed E-state index contributed by atoms with van der Waals surface area (Å²) in [5.74, 6) is -0.114. The average molecular weight is 237 g/mol. The van der Waals surface area contributed by atoms with Crippen LogP contribution in [0.3, 0.4) is 0 Å². The van der Waals surface area contributed by atoms with Gasteiger partial charge in [0.15, 0.2) is 0 Å². The number of carboxylic acid groups (broad SMARTS) is 1. The maximum absolute atomic E-state index is 10.8. The summed E-state index contributed by atoms with van der Waals surface area (Å²) in [6.45, 7) is 6.43. The number of benzene rings is 1. The molecule has 0 unspecified atom stereocenters. The molecule has 94 valence electrons. The molecule has 17 heavy (non-hydrogen) atoms. The van der Waals surface area contributed by atoms with Crippen LogP contribution >= 0.6 is 0 Å². The molecule has 4 heteroatoms. The molecule has 1 rings (SSSR count). The monoisotopic (exact) mass is 237 g/mol. The van der Waals surface area contributed by atoms with Gasteiger partial charge in [-0.15, -0.1) is 0 Å². The van der Waals surface area contributed by atoms with Crippen LogP contribution < -0.4 is 9.64 Å². The number of likely N-dealkylation sites (N-methyl/N-ethyl adjacent to an activating group) is 1. The van der Waals surface area contributed by atoms with Gasteiger partial charge in [-0.25, -0.2) is 0 Å². The lowest BCUT2D eigenvalue weighted by molar-refractivity contribution is -0.135. The fourth-order valence-corrected chi connectivity index (χ4v) is 1.60. The fourth-order valence-electron chi connectivity index (χ4n) is 1.60. The van der Waals surface area contributed by atoms with Gasteiger partial charge in [0, 0.05) is 6.54 Å². The number of anilines is 1. The lowest BCUT2D eigenvalue weighted by atomic mass is 10.2. The first-order chi connectivity index (χ1) is 8.04. The number of carboxylic acids is 1. The van der Waals surface area contributed by atoms with Crippen molar-refractivity contribution < 1.29 is 14.6 Å². The SMILES string of the molecule is CCN(CC(=O)O)c1ccccc1OC(C)C. The molecule has 0 aliphatic rings. The normalized spacial score (nSPS) is 10.4. The third-order valence-corrected chi connectivity index (χ3v) is 2.28. The van der Waals surface area contributed by atoms with Gasteiger partial charge in [-0.2, -0.15) is 0 Å². The average Bonchev–Trinajstić information content (AvgIpc) is 2.26. The Balaban J connectivity index is 2.96.